The highest BCUT2D eigenvalue weighted by molar-refractivity contribution is 6.32. The molecular formula is C25H13ClF4O5. The predicted octanol–water partition coefficient (Wildman–Crippen LogP) is 7.02. The van der Waals surface area contributed by atoms with E-state index in [1.807, 2.05) is 0 Å². The van der Waals surface area contributed by atoms with Gasteiger partial charge in [-0.15, -0.1) is 0 Å². The maximum atomic E-state index is 13.7. The number of esters is 1. The van der Waals surface area contributed by atoms with E-state index in [1.165, 1.54) is 54.6 Å². The molecule has 4 rings (SSSR count). The van der Waals surface area contributed by atoms with Crippen molar-refractivity contribution in [3.05, 3.63) is 105 Å². The van der Waals surface area contributed by atoms with Gasteiger partial charge in [-0.05, 0) is 48.0 Å². The molecular weight excluding hydrogens is 492 g/mol. The van der Waals surface area contributed by atoms with Crippen LogP contribution in [0.25, 0.3) is 17.0 Å². The minimum atomic E-state index is -5.07. The van der Waals surface area contributed by atoms with Crippen molar-refractivity contribution in [2.24, 2.45) is 0 Å². The third-order valence-electron chi connectivity index (χ3n) is 4.63. The number of benzene rings is 3. The summed E-state index contributed by atoms with van der Waals surface area (Å²) in [6.07, 6.45) is -2.66. The molecule has 1 aromatic heterocycles. The van der Waals surface area contributed by atoms with Gasteiger partial charge in [0.2, 0.25) is 11.2 Å². The van der Waals surface area contributed by atoms with Crippen LogP contribution in [0.5, 0.6) is 17.2 Å². The zero-order valence-corrected chi connectivity index (χ0v) is 18.2. The van der Waals surface area contributed by atoms with Gasteiger partial charge in [0, 0.05) is 12.1 Å². The lowest BCUT2D eigenvalue weighted by Gasteiger charge is -2.14. The molecule has 10 heteroatoms. The van der Waals surface area contributed by atoms with Gasteiger partial charge in [-0.25, -0.2) is 9.18 Å². The second-order valence-corrected chi connectivity index (χ2v) is 7.49. The van der Waals surface area contributed by atoms with E-state index in [-0.39, 0.29) is 21.9 Å². The molecule has 0 spiro atoms. The van der Waals surface area contributed by atoms with Crippen molar-refractivity contribution in [2.75, 3.05) is 0 Å². The van der Waals surface area contributed by atoms with Gasteiger partial charge in [0.15, 0.2) is 0 Å². The summed E-state index contributed by atoms with van der Waals surface area (Å²) in [5.41, 5.74) is -1.04. The van der Waals surface area contributed by atoms with E-state index in [0.29, 0.717) is 5.56 Å². The number of para-hydroxylation sites is 1. The topological polar surface area (TPSA) is 65.7 Å². The van der Waals surface area contributed by atoms with E-state index < -0.39 is 40.5 Å². The fourth-order valence-electron chi connectivity index (χ4n) is 3.02. The summed E-state index contributed by atoms with van der Waals surface area (Å²) in [6.45, 7) is 0. The largest absolute Gasteiger partial charge is 0.453 e. The van der Waals surface area contributed by atoms with Crippen LogP contribution >= 0.6 is 11.6 Å². The Balaban J connectivity index is 1.67. The van der Waals surface area contributed by atoms with Gasteiger partial charge in [-0.2, -0.15) is 13.2 Å². The Morgan fingerprint density at radius 2 is 1.71 bits per heavy atom. The number of alkyl halides is 3. The zero-order chi connectivity index (χ0) is 25.2. The monoisotopic (exact) mass is 504 g/mol. The Bertz CT molecular complexity index is 1490. The molecule has 1 heterocycles. The number of hydrogen-bond acceptors (Lipinski definition) is 5. The third-order valence-corrected chi connectivity index (χ3v) is 4.94. The first-order valence-electron chi connectivity index (χ1n) is 9.88. The highest BCUT2D eigenvalue weighted by Gasteiger charge is 2.40. The van der Waals surface area contributed by atoms with Gasteiger partial charge >= 0.3 is 12.1 Å². The summed E-state index contributed by atoms with van der Waals surface area (Å²) < 4.78 is 69.3. The summed E-state index contributed by atoms with van der Waals surface area (Å²) in [5.74, 6) is -4.38. The fourth-order valence-corrected chi connectivity index (χ4v) is 3.20. The molecule has 0 saturated carbocycles. The first-order chi connectivity index (χ1) is 16.6. The molecule has 35 heavy (non-hydrogen) atoms. The molecule has 0 bridgehead atoms. The smallest absolute Gasteiger partial charge is 0.448 e. The number of halogens is 5. The van der Waals surface area contributed by atoms with Gasteiger partial charge in [-0.3, -0.25) is 4.79 Å². The Morgan fingerprint density at radius 1 is 1.00 bits per heavy atom. The number of fused-ring (bicyclic) bond motifs is 1. The second-order valence-electron chi connectivity index (χ2n) is 7.08. The van der Waals surface area contributed by atoms with E-state index in [0.717, 1.165) is 18.2 Å². The quantitative estimate of drug-likeness (QED) is 0.126. The first-order valence-corrected chi connectivity index (χ1v) is 10.3. The highest BCUT2D eigenvalue weighted by Crippen LogP contribution is 2.39. The molecule has 0 aliphatic heterocycles. The standard InChI is InChI=1S/C25H13ClF4O5/c26-18-3-1-2-4-19(18)34-23-22(32)17-11-10-16(13-20(17)35-24(23)25(28,29)30)33-21(31)12-7-14-5-8-15(27)9-6-14/h1-13H. The molecule has 4 aromatic rings. The molecule has 0 amide bonds. The van der Waals surface area contributed by atoms with Crippen LogP contribution in [0.2, 0.25) is 5.02 Å². The van der Waals surface area contributed by atoms with E-state index in [2.05, 4.69) is 0 Å². The molecule has 5 nitrogen and oxygen atoms in total. The van der Waals surface area contributed by atoms with Crippen molar-refractivity contribution in [1.82, 2.24) is 0 Å². The molecule has 0 fully saturated rings. The lowest BCUT2D eigenvalue weighted by Crippen LogP contribution is -2.15. The zero-order valence-electron chi connectivity index (χ0n) is 17.4. The lowest BCUT2D eigenvalue weighted by molar-refractivity contribution is -0.154. The van der Waals surface area contributed by atoms with Gasteiger partial charge < -0.3 is 13.9 Å². The predicted molar refractivity (Wildman–Crippen MR) is 120 cm³/mol. The maximum absolute atomic E-state index is 13.7. The maximum Gasteiger partial charge on any atom is 0.453 e. The molecule has 0 unspecified atom stereocenters. The van der Waals surface area contributed by atoms with Crippen LogP contribution in [0.4, 0.5) is 17.6 Å². The average molecular weight is 505 g/mol. The minimum Gasteiger partial charge on any atom is -0.448 e. The molecule has 0 N–H and O–H groups in total. The van der Waals surface area contributed by atoms with Crippen molar-refractivity contribution < 1.29 is 36.2 Å². The fraction of sp³-hybridized carbons (Fsp3) is 0.0400. The van der Waals surface area contributed by atoms with E-state index in [9.17, 15) is 27.2 Å². The van der Waals surface area contributed by atoms with Crippen LogP contribution in [0, 0.1) is 5.82 Å². The van der Waals surface area contributed by atoms with Crippen molar-refractivity contribution in [3.63, 3.8) is 0 Å². The lowest BCUT2D eigenvalue weighted by atomic mass is 10.2. The van der Waals surface area contributed by atoms with Crippen LogP contribution in [0.1, 0.15) is 11.3 Å². The van der Waals surface area contributed by atoms with Crippen molar-refractivity contribution in [2.45, 2.75) is 6.18 Å². The molecule has 0 saturated heterocycles. The Morgan fingerprint density at radius 3 is 2.40 bits per heavy atom. The van der Waals surface area contributed by atoms with E-state index in [1.54, 1.807) is 6.07 Å². The van der Waals surface area contributed by atoms with E-state index in [4.69, 9.17) is 25.5 Å². The molecule has 3 aromatic carbocycles. The van der Waals surface area contributed by atoms with Crippen molar-refractivity contribution >= 4 is 34.6 Å². The summed E-state index contributed by atoms with van der Waals surface area (Å²) in [4.78, 5) is 24.9. The summed E-state index contributed by atoms with van der Waals surface area (Å²) in [7, 11) is 0. The summed E-state index contributed by atoms with van der Waals surface area (Å²) in [6, 6.07) is 14.3. The molecule has 0 atom stereocenters. The van der Waals surface area contributed by atoms with Gasteiger partial charge in [0.1, 0.15) is 22.9 Å². The van der Waals surface area contributed by atoms with Gasteiger partial charge in [-0.1, -0.05) is 35.9 Å². The Hall–Kier alpha value is -4.11. The van der Waals surface area contributed by atoms with Crippen LogP contribution < -0.4 is 14.9 Å². The molecule has 0 aliphatic carbocycles. The minimum absolute atomic E-state index is 0.00364. The van der Waals surface area contributed by atoms with Crippen LogP contribution in [0.15, 0.2) is 82.0 Å². The third kappa shape index (κ3) is 5.52. The number of hydrogen-bond donors (Lipinski definition) is 0. The number of rotatable bonds is 5. The van der Waals surface area contributed by atoms with Crippen LogP contribution in [-0.2, 0) is 11.0 Å². The molecule has 0 radical (unpaired) electrons. The number of carbonyl (C=O) groups excluding carboxylic acids is 1. The van der Waals surface area contributed by atoms with Crippen LogP contribution in [-0.4, -0.2) is 5.97 Å². The Kier molecular flexibility index (Phi) is 6.61. The number of ether oxygens (including phenoxy) is 2. The average Bonchev–Trinajstić information content (AvgIpc) is 2.81. The van der Waals surface area contributed by atoms with Gasteiger partial charge in [0.25, 0.3) is 5.76 Å². The van der Waals surface area contributed by atoms with Crippen molar-refractivity contribution in [1.29, 1.82) is 0 Å². The summed E-state index contributed by atoms with van der Waals surface area (Å²) in [5, 5.41) is -0.238. The van der Waals surface area contributed by atoms with Crippen LogP contribution in [0.3, 0.4) is 0 Å². The highest BCUT2D eigenvalue weighted by atomic mass is 35.5. The summed E-state index contributed by atoms with van der Waals surface area (Å²) >= 11 is 5.94. The normalized spacial score (nSPS) is 11.7. The SMILES string of the molecule is O=C(C=Cc1ccc(F)cc1)Oc1ccc2c(=O)c(Oc3ccccc3Cl)c(C(F)(F)F)oc2c1. The van der Waals surface area contributed by atoms with Crippen molar-refractivity contribution in [3.8, 4) is 17.2 Å². The second kappa shape index (κ2) is 9.63. The Labute approximate surface area is 199 Å². The van der Waals surface area contributed by atoms with Gasteiger partial charge in [0.05, 0.1) is 10.4 Å². The first kappa shape index (κ1) is 24.0. The van der Waals surface area contributed by atoms with E-state index >= 15 is 0 Å². The molecule has 178 valence electrons. The molecule has 0 aliphatic rings. The number of carbonyl (C=O) groups is 1.